The number of hydrogen-bond donors (Lipinski definition) is 1. The second-order valence-electron chi connectivity index (χ2n) is 5.95. The molecule has 120 valence electrons. The normalized spacial score (nSPS) is 21.4. The number of carbonyl (C=O) groups excluding carboxylic acids is 1. The average molecular weight is 316 g/mol. The van der Waals surface area contributed by atoms with Gasteiger partial charge in [0.1, 0.15) is 5.82 Å². The zero-order valence-electron chi connectivity index (χ0n) is 12.7. The van der Waals surface area contributed by atoms with Gasteiger partial charge in [0.05, 0.1) is 17.0 Å². The number of fused-ring (bicyclic) bond motifs is 1. The number of piperidine rings is 1. The molecule has 3 rings (SSSR count). The van der Waals surface area contributed by atoms with Crippen LogP contribution >= 0.6 is 0 Å². The van der Waals surface area contributed by atoms with Gasteiger partial charge >= 0.3 is 5.97 Å². The standard InChI is InChI=1S/C17H17FN2O3/c1-10-4-5-12(17(22)23)9-20(10)16(21)14-8-13(18)7-11-3-2-6-19-15(11)14/h2-3,6-8,10,12H,4-5,9H2,1H3,(H,22,23). The highest BCUT2D eigenvalue weighted by Gasteiger charge is 2.33. The van der Waals surface area contributed by atoms with Gasteiger partial charge in [-0.3, -0.25) is 14.6 Å². The van der Waals surface area contributed by atoms with E-state index in [1.165, 1.54) is 17.0 Å². The van der Waals surface area contributed by atoms with Crippen LogP contribution in [0.25, 0.3) is 10.9 Å². The molecule has 23 heavy (non-hydrogen) atoms. The zero-order valence-corrected chi connectivity index (χ0v) is 12.7. The van der Waals surface area contributed by atoms with Crippen LogP contribution in [0.2, 0.25) is 0 Å². The van der Waals surface area contributed by atoms with Gasteiger partial charge in [-0.2, -0.15) is 0 Å². The molecule has 2 unspecified atom stereocenters. The maximum atomic E-state index is 13.8. The number of carboxylic acid groups (broad SMARTS) is 1. The third kappa shape index (κ3) is 2.88. The Kier molecular flexibility index (Phi) is 3.98. The lowest BCUT2D eigenvalue weighted by Crippen LogP contribution is -2.47. The monoisotopic (exact) mass is 316 g/mol. The van der Waals surface area contributed by atoms with E-state index >= 15 is 0 Å². The number of halogens is 1. The van der Waals surface area contributed by atoms with E-state index in [9.17, 15) is 19.1 Å². The second kappa shape index (κ2) is 5.95. The van der Waals surface area contributed by atoms with Crippen molar-refractivity contribution >= 4 is 22.8 Å². The van der Waals surface area contributed by atoms with Crippen molar-refractivity contribution in [1.82, 2.24) is 9.88 Å². The predicted molar refractivity (Wildman–Crippen MR) is 82.6 cm³/mol. The molecule has 1 fully saturated rings. The number of carbonyl (C=O) groups is 2. The molecule has 1 aromatic heterocycles. The van der Waals surface area contributed by atoms with Crippen LogP contribution in [0, 0.1) is 11.7 Å². The van der Waals surface area contributed by atoms with Crippen LogP contribution in [0.4, 0.5) is 4.39 Å². The smallest absolute Gasteiger partial charge is 0.308 e. The number of aliphatic carboxylic acids is 1. The number of amides is 1. The minimum Gasteiger partial charge on any atom is -0.481 e. The number of hydrogen-bond acceptors (Lipinski definition) is 3. The van der Waals surface area contributed by atoms with E-state index < -0.39 is 17.7 Å². The van der Waals surface area contributed by atoms with Gasteiger partial charge in [-0.15, -0.1) is 0 Å². The molecule has 1 aliphatic heterocycles. The van der Waals surface area contributed by atoms with Crippen molar-refractivity contribution in [3.05, 3.63) is 41.8 Å². The number of benzene rings is 1. The molecule has 0 bridgehead atoms. The first-order valence-corrected chi connectivity index (χ1v) is 7.55. The summed E-state index contributed by atoms with van der Waals surface area (Å²) < 4.78 is 13.8. The fourth-order valence-electron chi connectivity index (χ4n) is 3.06. The van der Waals surface area contributed by atoms with E-state index in [4.69, 9.17) is 0 Å². The Hall–Kier alpha value is -2.50. The van der Waals surface area contributed by atoms with Crippen LogP contribution in [-0.4, -0.2) is 39.5 Å². The van der Waals surface area contributed by atoms with E-state index in [1.54, 1.807) is 18.3 Å². The zero-order chi connectivity index (χ0) is 16.6. The summed E-state index contributed by atoms with van der Waals surface area (Å²) in [4.78, 5) is 29.8. The van der Waals surface area contributed by atoms with Gasteiger partial charge in [0.15, 0.2) is 0 Å². The fraction of sp³-hybridized carbons (Fsp3) is 0.353. The van der Waals surface area contributed by atoms with E-state index in [2.05, 4.69) is 4.98 Å². The molecule has 2 heterocycles. The molecule has 2 aromatic rings. The van der Waals surface area contributed by atoms with Crippen LogP contribution in [0.15, 0.2) is 30.5 Å². The Morgan fingerprint density at radius 2 is 2.13 bits per heavy atom. The first-order chi connectivity index (χ1) is 11.0. The number of aromatic nitrogens is 1. The lowest BCUT2D eigenvalue weighted by molar-refractivity contribution is -0.143. The van der Waals surface area contributed by atoms with Gasteiger partial charge in [0.25, 0.3) is 5.91 Å². The third-order valence-electron chi connectivity index (χ3n) is 4.39. The van der Waals surface area contributed by atoms with Crippen molar-refractivity contribution in [2.24, 2.45) is 5.92 Å². The van der Waals surface area contributed by atoms with Crippen molar-refractivity contribution in [1.29, 1.82) is 0 Å². The summed E-state index contributed by atoms with van der Waals surface area (Å²) in [5.74, 6) is -2.36. The highest BCUT2D eigenvalue weighted by molar-refractivity contribution is 6.05. The molecule has 1 saturated heterocycles. The second-order valence-corrected chi connectivity index (χ2v) is 5.95. The molecule has 1 amide bonds. The topological polar surface area (TPSA) is 70.5 Å². The minimum absolute atomic E-state index is 0.0832. The van der Waals surface area contributed by atoms with Crippen LogP contribution in [0.1, 0.15) is 30.1 Å². The van der Waals surface area contributed by atoms with E-state index in [-0.39, 0.29) is 24.1 Å². The largest absolute Gasteiger partial charge is 0.481 e. The van der Waals surface area contributed by atoms with E-state index in [0.717, 1.165) is 0 Å². The minimum atomic E-state index is -0.906. The summed E-state index contributed by atoms with van der Waals surface area (Å²) >= 11 is 0. The molecule has 0 spiro atoms. The summed E-state index contributed by atoms with van der Waals surface area (Å²) in [6, 6.07) is 5.80. The summed E-state index contributed by atoms with van der Waals surface area (Å²) in [5.41, 5.74) is 0.613. The highest BCUT2D eigenvalue weighted by atomic mass is 19.1. The van der Waals surface area contributed by atoms with Crippen molar-refractivity contribution < 1.29 is 19.1 Å². The number of rotatable bonds is 2. The van der Waals surface area contributed by atoms with Crippen LogP contribution in [-0.2, 0) is 4.79 Å². The molecule has 2 atom stereocenters. The third-order valence-corrected chi connectivity index (χ3v) is 4.39. The van der Waals surface area contributed by atoms with Gasteiger partial charge in [-0.25, -0.2) is 4.39 Å². The molecule has 5 nitrogen and oxygen atoms in total. The molecule has 0 radical (unpaired) electrons. The van der Waals surface area contributed by atoms with Crippen molar-refractivity contribution in [2.45, 2.75) is 25.8 Å². The van der Waals surface area contributed by atoms with Crippen molar-refractivity contribution in [2.75, 3.05) is 6.54 Å². The molecule has 0 saturated carbocycles. The maximum Gasteiger partial charge on any atom is 0.308 e. The first kappa shape index (κ1) is 15.4. The van der Waals surface area contributed by atoms with Crippen molar-refractivity contribution in [3.8, 4) is 0 Å². The number of pyridine rings is 1. The van der Waals surface area contributed by atoms with Crippen LogP contribution in [0.5, 0.6) is 0 Å². The van der Waals surface area contributed by atoms with Gasteiger partial charge in [-0.1, -0.05) is 6.07 Å². The summed E-state index contributed by atoms with van der Waals surface area (Å²) in [6.07, 6.45) is 2.71. The van der Waals surface area contributed by atoms with Crippen LogP contribution in [0.3, 0.4) is 0 Å². The van der Waals surface area contributed by atoms with E-state index in [1.807, 2.05) is 6.92 Å². The summed E-state index contributed by atoms with van der Waals surface area (Å²) in [6.45, 7) is 2.02. The molecule has 1 aromatic carbocycles. The Bertz CT molecular complexity index is 778. The number of carboxylic acids is 1. The Morgan fingerprint density at radius 1 is 1.35 bits per heavy atom. The van der Waals surface area contributed by atoms with Gasteiger partial charge in [0, 0.05) is 24.2 Å². The van der Waals surface area contributed by atoms with Gasteiger partial charge < -0.3 is 10.0 Å². The van der Waals surface area contributed by atoms with Crippen molar-refractivity contribution in [3.63, 3.8) is 0 Å². The van der Waals surface area contributed by atoms with E-state index in [0.29, 0.717) is 23.7 Å². The molecule has 1 aliphatic rings. The SMILES string of the molecule is CC1CCC(C(=O)O)CN1C(=O)c1cc(F)cc2cccnc12. The Balaban J connectivity index is 2.01. The predicted octanol–water partition coefficient (Wildman–Crippen LogP) is 2.70. The highest BCUT2D eigenvalue weighted by Crippen LogP contribution is 2.26. The lowest BCUT2D eigenvalue weighted by Gasteiger charge is -2.36. The maximum absolute atomic E-state index is 13.8. The quantitative estimate of drug-likeness (QED) is 0.925. The van der Waals surface area contributed by atoms with Gasteiger partial charge in [-0.05, 0) is 38.0 Å². The number of likely N-dealkylation sites (tertiary alicyclic amines) is 1. The molecule has 1 N–H and O–H groups in total. The van der Waals surface area contributed by atoms with Crippen LogP contribution < -0.4 is 0 Å². The molecular weight excluding hydrogens is 299 g/mol. The molecule has 6 heteroatoms. The summed E-state index contributed by atoms with van der Waals surface area (Å²) in [5, 5.41) is 9.75. The fourth-order valence-corrected chi connectivity index (χ4v) is 3.06. The Labute approximate surface area is 132 Å². The molecular formula is C17H17FN2O3. The number of nitrogens with zero attached hydrogens (tertiary/aromatic N) is 2. The Morgan fingerprint density at radius 3 is 2.87 bits per heavy atom. The van der Waals surface area contributed by atoms with Gasteiger partial charge in [0.2, 0.25) is 0 Å². The average Bonchev–Trinajstić information content (AvgIpc) is 2.53. The molecule has 0 aliphatic carbocycles. The summed E-state index contributed by atoms with van der Waals surface area (Å²) in [7, 11) is 0. The first-order valence-electron chi connectivity index (χ1n) is 7.55. The lowest BCUT2D eigenvalue weighted by atomic mass is 9.92.